The first-order valence-corrected chi connectivity index (χ1v) is 7.86. The molecule has 0 aromatic carbocycles. The highest BCUT2D eigenvalue weighted by Crippen LogP contribution is 2.33. The van der Waals surface area contributed by atoms with Crippen molar-refractivity contribution in [3.8, 4) is 0 Å². The molecule has 0 unspecified atom stereocenters. The summed E-state index contributed by atoms with van der Waals surface area (Å²) < 4.78 is 17.2. The Bertz CT molecular complexity index is 728. The zero-order chi connectivity index (χ0) is 15.6. The van der Waals surface area contributed by atoms with Gasteiger partial charge >= 0.3 is 7.60 Å². The fourth-order valence-corrected chi connectivity index (χ4v) is 2.19. The first-order valence-electron chi connectivity index (χ1n) is 5.69. The van der Waals surface area contributed by atoms with Crippen molar-refractivity contribution >= 4 is 36.3 Å². The minimum atomic E-state index is -4.18. The highest BCUT2D eigenvalue weighted by Gasteiger charge is 2.14. The van der Waals surface area contributed by atoms with Crippen LogP contribution in [-0.2, 0) is 15.8 Å². The number of hydrogen-bond donors (Lipinski definition) is 3. The second-order valence-electron chi connectivity index (χ2n) is 4.31. The van der Waals surface area contributed by atoms with Crippen molar-refractivity contribution in [2.75, 3.05) is 18.7 Å². The van der Waals surface area contributed by atoms with Gasteiger partial charge in [-0.25, -0.2) is 4.98 Å². The van der Waals surface area contributed by atoms with Gasteiger partial charge in [0.25, 0.3) is 0 Å². The molecular weight excluding hydrogens is 321 g/mol. The number of aromatic nitrogens is 4. The third-order valence-corrected chi connectivity index (χ3v) is 3.18. The van der Waals surface area contributed by atoms with E-state index in [-0.39, 0.29) is 17.7 Å². The van der Waals surface area contributed by atoms with Gasteiger partial charge < -0.3 is 24.8 Å². The van der Waals surface area contributed by atoms with Gasteiger partial charge in [-0.2, -0.15) is 9.97 Å². The number of rotatable bonds is 6. The van der Waals surface area contributed by atoms with Crippen molar-refractivity contribution in [2.45, 2.75) is 6.54 Å². The number of nitrogen functional groups attached to an aromatic ring is 1. The zero-order valence-electron chi connectivity index (χ0n) is 10.8. The Balaban J connectivity index is 2.06. The first kappa shape index (κ1) is 15.9. The van der Waals surface area contributed by atoms with Gasteiger partial charge in [-0.05, 0) is 5.57 Å². The highest BCUT2D eigenvalue weighted by molar-refractivity contribution is 7.51. The van der Waals surface area contributed by atoms with Crippen LogP contribution in [0.4, 0.5) is 5.95 Å². The van der Waals surface area contributed by atoms with E-state index in [0.29, 0.717) is 23.3 Å². The number of imidazole rings is 1. The lowest BCUT2D eigenvalue weighted by molar-refractivity contribution is 0.176. The van der Waals surface area contributed by atoms with E-state index in [1.807, 2.05) is 0 Å². The molecule has 11 heteroatoms. The number of fused-ring (bicyclic) bond motifs is 1. The third-order valence-electron chi connectivity index (χ3n) is 2.40. The zero-order valence-corrected chi connectivity index (χ0v) is 12.5. The maximum absolute atomic E-state index is 10.7. The van der Waals surface area contributed by atoms with Gasteiger partial charge in [-0.3, -0.25) is 4.57 Å². The molecule has 2 heterocycles. The van der Waals surface area contributed by atoms with Crippen LogP contribution in [0.3, 0.4) is 0 Å². The summed E-state index contributed by atoms with van der Waals surface area (Å²) in [4.78, 5) is 29.3. The van der Waals surface area contributed by atoms with Crippen molar-refractivity contribution in [1.29, 1.82) is 0 Å². The van der Waals surface area contributed by atoms with E-state index in [0.717, 1.165) is 0 Å². The molecule has 0 aliphatic carbocycles. The SMILES string of the molecule is C=C(COCP(=O)(O)O)Cn1cnc2c(Cl)nc(N)nc21. The first-order chi connectivity index (χ1) is 9.76. The number of halogens is 1. The predicted octanol–water partition coefficient (Wildman–Crippen LogP) is 0.770. The number of nitrogens with two attached hydrogens (primary N) is 1. The van der Waals surface area contributed by atoms with Gasteiger partial charge in [0.05, 0.1) is 12.9 Å². The highest BCUT2D eigenvalue weighted by atomic mass is 35.5. The normalized spacial score (nSPS) is 12.0. The quantitative estimate of drug-likeness (QED) is 0.400. The topological polar surface area (TPSA) is 136 Å². The van der Waals surface area contributed by atoms with Crippen molar-refractivity contribution in [1.82, 2.24) is 19.5 Å². The third kappa shape index (κ3) is 4.23. The van der Waals surface area contributed by atoms with Crippen LogP contribution in [0.2, 0.25) is 5.15 Å². The molecule has 0 fully saturated rings. The Hall–Kier alpha value is -1.51. The fraction of sp³-hybridized carbons (Fsp3) is 0.300. The molecule has 0 bridgehead atoms. The Morgan fingerprint density at radius 2 is 2.24 bits per heavy atom. The summed E-state index contributed by atoms with van der Waals surface area (Å²) in [5, 5.41) is 0.152. The summed E-state index contributed by atoms with van der Waals surface area (Å²) in [5.74, 6) is 0.0256. The van der Waals surface area contributed by atoms with E-state index in [4.69, 9.17) is 31.9 Å². The molecule has 0 saturated heterocycles. The monoisotopic (exact) mass is 333 g/mol. The molecule has 2 rings (SSSR count). The van der Waals surface area contributed by atoms with Crippen LogP contribution >= 0.6 is 19.2 Å². The van der Waals surface area contributed by atoms with Crippen molar-refractivity contribution in [3.63, 3.8) is 0 Å². The number of nitrogens with zero attached hydrogens (tertiary/aromatic N) is 4. The lowest BCUT2D eigenvalue weighted by atomic mass is 10.3. The molecule has 2 aromatic rings. The molecule has 4 N–H and O–H groups in total. The number of hydrogen-bond acceptors (Lipinski definition) is 6. The van der Waals surface area contributed by atoms with Crippen LogP contribution in [0.5, 0.6) is 0 Å². The molecule has 9 nitrogen and oxygen atoms in total. The second kappa shape index (κ2) is 6.08. The van der Waals surface area contributed by atoms with Gasteiger partial charge in [0.2, 0.25) is 5.95 Å². The average molecular weight is 334 g/mol. The van der Waals surface area contributed by atoms with Crippen LogP contribution in [0.25, 0.3) is 11.2 Å². The van der Waals surface area contributed by atoms with Crippen LogP contribution < -0.4 is 5.73 Å². The molecular formula is C10H13ClN5O4P. The molecule has 0 saturated carbocycles. The summed E-state index contributed by atoms with van der Waals surface area (Å²) in [5.41, 5.74) is 6.97. The maximum atomic E-state index is 10.7. The van der Waals surface area contributed by atoms with E-state index in [1.54, 1.807) is 4.57 Å². The summed E-state index contributed by atoms with van der Waals surface area (Å²) in [6.07, 6.45) is 0.844. The van der Waals surface area contributed by atoms with Crippen molar-refractivity contribution < 1.29 is 19.1 Å². The molecule has 0 amide bonds. The Morgan fingerprint density at radius 1 is 1.52 bits per heavy atom. The van der Waals surface area contributed by atoms with Gasteiger partial charge in [0.1, 0.15) is 11.9 Å². The molecule has 21 heavy (non-hydrogen) atoms. The molecule has 2 aromatic heterocycles. The molecule has 0 aliphatic rings. The number of anilines is 1. The lowest BCUT2D eigenvalue weighted by Gasteiger charge is -2.09. The molecule has 114 valence electrons. The van der Waals surface area contributed by atoms with Gasteiger partial charge in [0, 0.05) is 6.54 Å². The van der Waals surface area contributed by atoms with Gasteiger partial charge in [0.15, 0.2) is 10.8 Å². The summed E-state index contributed by atoms with van der Waals surface area (Å²) >= 11 is 5.91. The van der Waals surface area contributed by atoms with Gasteiger partial charge in [-0.1, -0.05) is 18.2 Å². The fourth-order valence-electron chi connectivity index (χ4n) is 1.64. The summed E-state index contributed by atoms with van der Waals surface area (Å²) in [6.45, 7) is 4.06. The van der Waals surface area contributed by atoms with E-state index < -0.39 is 13.9 Å². The smallest absolute Gasteiger partial charge is 0.350 e. The van der Waals surface area contributed by atoms with Crippen LogP contribution in [0.1, 0.15) is 0 Å². The minimum absolute atomic E-state index is 0.000912. The predicted molar refractivity (Wildman–Crippen MR) is 76.7 cm³/mol. The Morgan fingerprint density at radius 3 is 2.90 bits per heavy atom. The summed E-state index contributed by atoms with van der Waals surface area (Å²) in [6, 6.07) is 0. The Kier molecular flexibility index (Phi) is 4.60. The van der Waals surface area contributed by atoms with Crippen molar-refractivity contribution in [3.05, 3.63) is 23.6 Å². The molecule has 0 atom stereocenters. The number of ether oxygens (including phenoxy) is 1. The van der Waals surface area contributed by atoms with Crippen LogP contribution in [0, 0.1) is 0 Å². The van der Waals surface area contributed by atoms with Crippen LogP contribution in [0.15, 0.2) is 18.5 Å². The maximum Gasteiger partial charge on any atom is 0.350 e. The minimum Gasteiger partial charge on any atom is -0.368 e. The standard InChI is InChI=1S/C10H13ClN5O4P/c1-6(3-20-5-21(17,18)19)2-16-4-13-7-8(11)14-10(12)15-9(7)16/h4H,1-3,5H2,(H2,12,14,15)(H2,17,18,19). The van der Waals surface area contributed by atoms with Crippen LogP contribution in [-0.4, -0.2) is 42.3 Å². The molecule has 0 spiro atoms. The van der Waals surface area contributed by atoms with Crippen molar-refractivity contribution in [2.24, 2.45) is 0 Å². The van der Waals surface area contributed by atoms with Gasteiger partial charge in [-0.15, -0.1) is 0 Å². The second-order valence-corrected chi connectivity index (χ2v) is 6.26. The van der Waals surface area contributed by atoms with E-state index in [9.17, 15) is 4.57 Å². The Labute approximate surface area is 124 Å². The lowest BCUT2D eigenvalue weighted by Crippen LogP contribution is -2.07. The molecule has 0 aliphatic heterocycles. The molecule has 0 radical (unpaired) electrons. The van der Waals surface area contributed by atoms with E-state index in [2.05, 4.69) is 21.5 Å². The summed E-state index contributed by atoms with van der Waals surface area (Å²) in [7, 11) is -4.18. The van der Waals surface area contributed by atoms with E-state index in [1.165, 1.54) is 6.33 Å². The van der Waals surface area contributed by atoms with E-state index >= 15 is 0 Å². The largest absolute Gasteiger partial charge is 0.368 e. The average Bonchev–Trinajstić information content (AvgIpc) is 2.71.